The topological polar surface area (TPSA) is 18.1 Å². The summed E-state index contributed by atoms with van der Waals surface area (Å²) >= 11 is 0. The Morgan fingerprint density at radius 2 is 1.17 bits per heavy atom. The molecule has 0 aliphatic heterocycles. The highest BCUT2D eigenvalue weighted by Crippen LogP contribution is 2.42. The number of hydrogen-bond acceptors (Lipinski definition) is 1. The average Bonchev–Trinajstić information content (AvgIpc) is 3.06. The monoisotopic (exact) mass is 383 g/mol. The summed E-state index contributed by atoms with van der Waals surface area (Å²) in [5.74, 6) is 0. The smallest absolute Gasteiger partial charge is 0.137 e. The number of nitrogens with zero attached hydrogens (tertiary/aromatic N) is 1. The second kappa shape index (κ2) is 5.74. The van der Waals surface area contributed by atoms with Crippen molar-refractivity contribution in [3.63, 3.8) is 0 Å². The maximum atomic E-state index is 6.56. The molecule has 2 heteroatoms. The van der Waals surface area contributed by atoms with Crippen LogP contribution in [0.3, 0.4) is 0 Å². The van der Waals surface area contributed by atoms with Gasteiger partial charge in [0.15, 0.2) is 0 Å². The minimum Gasteiger partial charge on any atom is -0.456 e. The summed E-state index contributed by atoms with van der Waals surface area (Å²) in [4.78, 5) is 0. The largest absolute Gasteiger partial charge is 0.456 e. The van der Waals surface area contributed by atoms with Crippen LogP contribution in [0.25, 0.3) is 60.2 Å². The number of rotatable bonds is 1. The SMILES string of the molecule is c1ccc(-n2c3cccc4oc5ccc6ccccc6c5c5cccc2c5c43)cc1. The van der Waals surface area contributed by atoms with E-state index in [0.29, 0.717) is 0 Å². The van der Waals surface area contributed by atoms with E-state index in [2.05, 4.69) is 108 Å². The molecule has 7 aromatic rings. The Bertz CT molecular complexity index is 1740. The first-order valence-corrected chi connectivity index (χ1v) is 10.2. The van der Waals surface area contributed by atoms with Gasteiger partial charge in [-0.15, -0.1) is 0 Å². The fourth-order valence-electron chi connectivity index (χ4n) is 4.96. The molecule has 2 aromatic heterocycles. The van der Waals surface area contributed by atoms with Gasteiger partial charge in [-0.05, 0) is 52.6 Å². The molecule has 0 bridgehead atoms. The van der Waals surface area contributed by atoms with Gasteiger partial charge < -0.3 is 8.98 Å². The highest BCUT2D eigenvalue weighted by Gasteiger charge is 2.19. The summed E-state index contributed by atoms with van der Waals surface area (Å²) in [6, 6.07) is 36.3. The molecule has 0 unspecified atom stereocenters. The Morgan fingerprint density at radius 3 is 2.07 bits per heavy atom. The van der Waals surface area contributed by atoms with Crippen LogP contribution in [0, 0.1) is 0 Å². The fraction of sp³-hybridized carbons (Fsp3) is 0. The second-order valence-electron chi connectivity index (χ2n) is 7.78. The second-order valence-corrected chi connectivity index (χ2v) is 7.78. The molecule has 0 N–H and O–H groups in total. The summed E-state index contributed by atoms with van der Waals surface area (Å²) in [6.45, 7) is 0. The molecule has 0 radical (unpaired) electrons. The van der Waals surface area contributed by atoms with E-state index in [-0.39, 0.29) is 0 Å². The lowest BCUT2D eigenvalue weighted by Crippen LogP contribution is -1.92. The molecule has 5 aromatic carbocycles. The maximum Gasteiger partial charge on any atom is 0.137 e. The lowest BCUT2D eigenvalue weighted by atomic mass is 10.0. The molecule has 2 heterocycles. The third-order valence-corrected chi connectivity index (χ3v) is 6.17. The van der Waals surface area contributed by atoms with Crippen molar-refractivity contribution in [1.82, 2.24) is 4.57 Å². The molecule has 0 spiro atoms. The van der Waals surface area contributed by atoms with Crippen LogP contribution in [-0.4, -0.2) is 4.57 Å². The van der Waals surface area contributed by atoms with E-state index in [1.54, 1.807) is 0 Å². The number of para-hydroxylation sites is 1. The van der Waals surface area contributed by atoms with E-state index < -0.39 is 0 Å². The van der Waals surface area contributed by atoms with Crippen molar-refractivity contribution in [3.05, 3.63) is 103 Å². The maximum absolute atomic E-state index is 6.56. The molecule has 7 rings (SSSR count). The van der Waals surface area contributed by atoms with Crippen molar-refractivity contribution < 1.29 is 4.42 Å². The van der Waals surface area contributed by atoms with Crippen molar-refractivity contribution >= 4 is 54.5 Å². The van der Waals surface area contributed by atoms with Crippen molar-refractivity contribution in [2.24, 2.45) is 0 Å². The lowest BCUT2D eigenvalue weighted by Gasteiger charge is -2.08. The minimum atomic E-state index is 0.911. The predicted octanol–water partition coefficient (Wildman–Crippen LogP) is 7.84. The third kappa shape index (κ3) is 1.98. The molecule has 0 saturated heterocycles. The zero-order valence-corrected chi connectivity index (χ0v) is 16.2. The molecule has 0 atom stereocenters. The van der Waals surface area contributed by atoms with E-state index in [0.717, 1.165) is 16.9 Å². The van der Waals surface area contributed by atoms with Gasteiger partial charge in [0.1, 0.15) is 11.2 Å². The van der Waals surface area contributed by atoms with E-state index in [1.165, 1.54) is 43.4 Å². The fourth-order valence-corrected chi connectivity index (χ4v) is 4.96. The number of benzene rings is 5. The molecular formula is C28H17NO. The summed E-state index contributed by atoms with van der Waals surface area (Å²) < 4.78 is 8.91. The molecule has 0 amide bonds. The molecule has 0 fully saturated rings. The first kappa shape index (κ1) is 15.8. The van der Waals surface area contributed by atoms with Gasteiger partial charge >= 0.3 is 0 Å². The Labute approximate surface area is 172 Å². The van der Waals surface area contributed by atoms with Crippen molar-refractivity contribution in [1.29, 1.82) is 0 Å². The van der Waals surface area contributed by atoms with E-state index in [4.69, 9.17) is 4.42 Å². The van der Waals surface area contributed by atoms with Crippen LogP contribution >= 0.6 is 0 Å². The Morgan fingerprint density at radius 1 is 0.467 bits per heavy atom. The average molecular weight is 383 g/mol. The van der Waals surface area contributed by atoms with Gasteiger partial charge in [-0.3, -0.25) is 0 Å². The first-order valence-electron chi connectivity index (χ1n) is 10.2. The molecule has 2 nitrogen and oxygen atoms in total. The van der Waals surface area contributed by atoms with Crippen LogP contribution < -0.4 is 0 Å². The zero-order chi connectivity index (χ0) is 19.7. The van der Waals surface area contributed by atoms with Crippen LogP contribution in [0.2, 0.25) is 0 Å². The number of fused-ring (bicyclic) bond motifs is 4. The van der Waals surface area contributed by atoms with Gasteiger partial charge in [-0.2, -0.15) is 0 Å². The molecule has 0 saturated carbocycles. The van der Waals surface area contributed by atoms with Crippen molar-refractivity contribution in [2.75, 3.05) is 0 Å². The number of hydrogen-bond donors (Lipinski definition) is 0. The first-order chi connectivity index (χ1) is 14.9. The highest BCUT2D eigenvalue weighted by molar-refractivity contribution is 6.30. The summed E-state index contributed by atoms with van der Waals surface area (Å²) in [5.41, 5.74) is 5.35. The van der Waals surface area contributed by atoms with Gasteiger partial charge in [0, 0.05) is 16.5 Å². The van der Waals surface area contributed by atoms with E-state index in [1.807, 2.05) is 0 Å². The quantitative estimate of drug-likeness (QED) is 0.282. The molecule has 0 aliphatic rings. The standard InChI is InChI=1S/C28H17NO/c1-2-9-19(10-3-1)29-22-13-6-12-21-26-20-11-5-4-8-18(20)16-17-25(26)30-24-15-7-14-23(29)28(24)27(21)22/h1-17H. The van der Waals surface area contributed by atoms with Gasteiger partial charge in [0.2, 0.25) is 0 Å². The summed E-state index contributed by atoms with van der Waals surface area (Å²) in [5, 5.41) is 7.26. The van der Waals surface area contributed by atoms with Gasteiger partial charge in [-0.25, -0.2) is 0 Å². The van der Waals surface area contributed by atoms with Crippen LogP contribution in [0.1, 0.15) is 0 Å². The van der Waals surface area contributed by atoms with Gasteiger partial charge in [0.25, 0.3) is 0 Å². The molecular weight excluding hydrogens is 366 g/mol. The minimum absolute atomic E-state index is 0.911. The Hall–Kier alpha value is -4.04. The zero-order valence-electron chi connectivity index (χ0n) is 16.2. The lowest BCUT2D eigenvalue weighted by molar-refractivity contribution is 0.664. The van der Waals surface area contributed by atoms with Crippen LogP contribution in [0.4, 0.5) is 0 Å². The normalized spacial score (nSPS) is 12.0. The summed E-state index contributed by atoms with van der Waals surface area (Å²) in [7, 11) is 0. The van der Waals surface area contributed by atoms with Crippen molar-refractivity contribution in [2.45, 2.75) is 0 Å². The van der Waals surface area contributed by atoms with Crippen molar-refractivity contribution in [3.8, 4) is 5.69 Å². The van der Waals surface area contributed by atoms with Crippen LogP contribution in [-0.2, 0) is 0 Å². The predicted molar refractivity (Wildman–Crippen MR) is 126 cm³/mol. The van der Waals surface area contributed by atoms with E-state index in [9.17, 15) is 0 Å². The Kier molecular flexibility index (Phi) is 3.03. The molecule has 30 heavy (non-hydrogen) atoms. The highest BCUT2D eigenvalue weighted by atomic mass is 16.3. The van der Waals surface area contributed by atoms with Gasteiger partial charge in [-0.1, -0.05) is 66.7 Å². The number of aromatic nitrogens is 1. The van der Waals surface area contributed by atoms with Crippen LogP contribution in [0.5, 0.6) is 0 Å². The third-order valence-electron chi connectivity index (χ3n) is 6.17. The molecule has 140 valence electrons. The van der Waals surface area contributed by atoms with Gasteiger partial charge in [0.05, 0.1) is 16.4 Å². The van der Waals surface area contributed by atoms with Crippen LogP contribution in [0.15, 0.2) is 108 Å². The van der Waals surface area contributed by atoms with E-state index >= 15 is 0 Å². The summed E-state index contributed by atoms with van der Waals surface area (Å²) in [6.07, 6.45) is 0. The Balaban J connectivity index is 1.85. The molecule has 0 aliphatic carbocycles.